The standard InChI is InChI=1S/C11H11N5O5/c1-14-9(8(12)10(17)15(2)11(14)18)13-5-6-3-4-7(21-6)16(19)20/h3-5H,12H2,1-2H3/b13-5+. The molecule has 2 aromatic rings. The average Bonchev–Trinajstić information content (AvgIpc) is 2.92. The van der Waals surface area contributed by atoms with Crippen molar-refractivity contribution >= 4 is 23.6 Å². The molecule has 2 N–H and O–H groups in total. The van der Waals surface area contributed by atoms with Gasteiger partial charge in [0.25, 0.3) is 5.56 Å². The van der Waals surface area contributed by atoms with E-state index in [1.165, 1.54) is 20.2 Å². The summed E-state index contributed by atoms with van der Waals surface area (Å²) in [5.41, 5.74) is 4.15. The maximum atomic E-state index is 11.8. The summed E-state index contributed by atoms with van der Waals surface area (Å²) in [4.78, 5) is 37.1. The quantitative estimate of drug-likeness (QED) is 0.477. The van der Waals surface area contributed by atoms with Crippen LogP contribution in [0.5, 0.6) is 0 Å². The molecule has 0 spiro atoms. The molecule has 110 valence electrons. The Bertz CT molecular complexity index is 820. The Morgan fingerprint density at radius 2 is 2.00 bits per heavy atom. The third-order valence-corrected chi connectivity index (χ3v) is 2.77. The predicted molar refractivity (Wildman–Crippen MR) is 74.0 cm³/mol. The predicted octanol–water partition coefficient (Wildman–Crippen LogP) is -0.0820. The number of nitrogens with zero attached hydrogens (tertiary/aromatic N) is 4. The second-order valence-electron chi connectivity index (χ2n) is 4.13. The zero-order chi connectivity index (χ0) is 15.7. The Labute approximate surface area is 116 Å². The minimum absolute atomic E-state index is 0.0536. The SMILES string of the molecule is Cn1c(/N=C/c2ccc([N+](=O)[O-])o2)c(N)c(=O)n(C)c1=O. The van der Waals surface area contributed by atoms with Crippen LogP contribution in [0.2, 0.25) is 0 Å². The van der Waals surface area contributed by atoms with E-state index in [2.05, 4.69) is 4.99 Å². The number of aliphatic imine (C=N–C) groups is 1. The molecule has 0 aliphatic heterocycles. The normalized spacial score (nSPS) is 11.1. The van der Waals surface area contributed by atoms with Gasteiger partial charge in [0, 0.05) is 14.1 Å². The fourth-order valence-corrected chi connectivity index (χ4v) is 1.65. The highest BCUT2D eigenvalue weighted by Gasteiger charge is 2.13. The fourth-order valence-electron chi connectivity index (χ4n) is 1.65. The van der Waals surface area contributed by atoms with Gasteiger partial charge >= 0.3 is 11.6 Å². The summed E-state index contributed by atoms with van der Waals surface area (Å²) < 4.78 is 6.81. The first-order chi connectivity index (χ1) is 9.82. The van der Waals surface area contributed by atoms with Gasteiger partial charge in [-0.25, -0.2) is 9.79 Å². The van der Waals surface area contributed by atoms with Gasteiger partial charge in [0.1, 0.15) is 10.6 Å². The number of nitro groups is 1. The van der Waals surface area contributed by atoms with Crippen LogP contribution in [0.15, 0.2) is 31.1 Å². The maximum Gasteiger partial charge on any atom is 0.433 e. The third kappa shape index (κ3) is 2.45. The van der Waals surface area contributed by atoms with E-state index >= 15 is 0 Å². The zero-order valence-electron chi connectivity index (χ0n) is 11.1. The molecule has 0 saturated carbocycles. The Morgan fingerprint density at radius 3 is 2.57 bits per heavy atom. The molecule has 2 heterocycles. The largest absolute Gasteiger partial charge is 0.433 e. The summed E-state index contributed by atoms with van der Waals surface area (Å²) in [7, 11) is 2.69. The van der Waals surface area contributed by atoms with E-state index < -0.39 is 22.1 Å². The molecule has 2 rings (SSSR count). The van der Waals surface area contributed by atoms with Crippen molar-refractivity contribution in [1.82, 2.24) is 9.13 Å². The van der Waals surface area contributed by atoms with Crippen LogP contribution in [0.3, 0.4) is 0 Å². The smallest absolute Gasteiger partial charge is 0.400 e. The zero-order valence-corrected chi connectivity index (χ0v) is 11.1. The van der Waals surface area contributed by atoms with Crippen molar-refractivity contribution in [2.24, 2.45) is 19.1 Å². The van der Waals surface area contributed by atoms with Crippen molar-refractivity contribution in [2.75, 3.05) is 5.73 Å². The van der Waals surface area contributed by atoms with Crippen LogP contribution in [-0.4, -0.2) is 20.3 Å². The lowest BCUT2D eigenvalue weighted by Crippen LogP contribution is -2.38. The van der Waals surface area contributed by atoms with Crippen LogP contribution in [0.25, 0.3) is 0 Å². The van der Waals surface area contributed by atoms with Crippen LogP contribution in [-0.2, 0) is 14.1 Å². The molecular weight excluding hydrogens is 282 g/mol. The van der Waals surface area contributed by atoms with E-state index in [1.54, 1.807) is 0 Å². The van der Waals surface area contributed by atoms with Gasteiger partial charge in [-0.05, 0) is 6.07 Å². The van der Waals surface area contributed by atoms with Crippen LogP contribution in [0.1, 0.15) is 5.76 Å². The van der Waals surface area contributed by atoms with Crippen LogP contribution in [0.4, 0.5) is 17.4 Å². The average molecular weight is 293 g/mol. The third-order valence-electron chi connectivity index (χ3n) is 2.77. The number of anilines is 1. The molecule has 0 radical (unpaired) electrons. The monoisotopic (exact) mass is 293 g/mol. The summed E-state index contributed by atoms with van der Waals surface area (Å²) in [6, 6.07) is 2.49. The first-order valence-electron chi connectivity index (χ1n) is 5.66. The molecule has 2 aromatic heterocycles. The molecule has 0 aromatic carbocycles. The van der Waals surface area contributed by atoms with Gasteiger partial charge in [0.15, 0.2) is 11.6 Å². The number of rotatable bonds is 3. The van der Waals surface area contributed by atoms with E-state index in [0.717, 1.165) is 21.4 Å². The number of furan rings is 1. The number of aromatic nitrogens is 2. The van der Waals surface area contributed by atoms with Gasteiger partial charge in [0.05, 0.1) is 12.3 Å². The summed E-state index contributed by atoms with van der Waals surface area (Å²) in [5, 5.41) is 10.5. The fraction of sp³-hybridized carbons (Fsp3) is 0.182. The Balaban J connectivity index is 2.48. The highest BCUT2D eigenvalue weighted by molar-refractivity contribution is 5.80. The first-order valence-corrected chi connectivity index (χ1v) is 5.66. The lowest BCUT2D eigenvalue weighted by atomic mass is 10.4. The summed E-state index contributed by atoms with van der Waals surface area (Å²) in [6.45, 7) is 0. The summed E-state index contributed by atoms with van der Waals surface area (Å²) in [6.07, 6.45) is 1.14. The number of nitrogens with two attached hydrogens (primary N) is 1. The molecule has 0 saturated heterocycles. The summed E-state index contributed by atoms with van der Waals surface area (Å²) >= 11 is 0. The van der Waals surface area contributed by atoms with Crippen molar-refractivity contribution in [2.45, 2.75) is 0 Å². The molecule has 0 fully saturated rings. The van der Waals surface area contributed by atoms with Gasteiger partial charge in [0.2, 0.25) is 0 Å². The maximum absolute atomic E-state index is 11.8. The second kappa shape index (κ2) is 5.07. The molecule has 10 nitrogen and oxygen atoms in total. The molecule has 21 heavy (non-hydrogen) atoms. The van der Waals surface area contributed by atoms with Gasteiger partial charge in [-0.2, -0.15) is 0 Å². The van der Waals surface area contributed by atoms with Crippen molar-refractivity contribution in [3.8, 4) is 0 Å². The van der Waals surface area contributed by atoms with Crippen LogP contribution < -0.4 is 17.0 Å². The van der Waals surface area contributed by atoms with E-state index in [9.17, 15) is 19.7 Å². The highest BCUT2D eigenvalue weighted by Crippen LogP contribution is 2.17. The first kappa shape index (κ1) is 14.2. The second-order valence-corrected chi connectivity index (χ2v) is 4.13. The Hall–Kier alpha value is -3.17. The van der Waals surface area contributed by atoms with Gasteiger partial charge < -0.3 is 10.2 Å². The molecular formula is C11H11N5O5. The number of nitrogen functional groups attached to an aromatic ring is 1. The van der Waals surface area contributed by atoms with Crippen molar-refractivity contribution in [3.63, 3.8) is 0 Å². The molecule has 0 atom stereocenters. The molecule has 0 aliphatic carbocycles. The highest BCUT2D eigenvalue weighted by atomic mass is 16.6. The van der Waals surface area contributed by atoms with E-state index in [-0.39, 0.29) is 17.3 Å². The lowest BCUT2D eigenvalue weighted by Gasteiger charge is -2.07. The number of hydrogen-bond donors (Lipinski definition) is 1. The molecule has 0 unspecified atom stereocenters. The topological polar surface area (TPSA) is 139 Å². The van der Waals surface area contributed by atoms with Crippen molar-refractivity contribution in [1.29, 1.82) is 0 Å². The lowest BCUT2D eigenvalue weighted by molar-refractivity contribution is -0.402. The van der Waals surface area contributed by atoms with E-state index in [4.69, 9.17) is 10.2 Å². The van der Waals surface area contributed by atoms with Crippen LogP contribution >= 0.6 is 0 Å². The van der Waals surface area contributed by atoms with E-state index in [0.29, 0.717) is 0 Å². The van der Waals surface area contributed by atoms with Gasteiger partial charge in [-0.15, -0.1) is 0 Å². The Morgan fingerprint density at radius 1 is 1.33 bits per heavy atom. The Kier molecular flexibility index (Phi) is 3.44. The van der Waals surface area contributed by atoms with E-state index in [1.807, 2.05) is 0 Å². The molecule has 0 aliphatic rings. The van der Waals surface area contributed by atoms with Gasteiger partial charge in [-0.3, -0.25) is 24.0 Å². The molecule has 0 amide bonds. The van der Waals surface area contributed by atoms with Gasteiger partial charge in [-0.1, -0.05) is 0 Å². The molecule has 0 bridgehead atoms. The van der Waals surface area contributed by atoms with Crippen molar-refractivity contribution in [3.05, 3.63) is 48.8 Å². The van der Waals surface area contributed by atoms with Crippen LogP contribution in [0, 0.1) is 10.1 Å². The number of hydrogen-bond acceptors (Lipinski definition) is 7. The minimum Gasteiger partial charge on any atom is -0.400 e. The minimum atomic E-state index is -0.695. The van der Waals surface area contributed by atoms with Crippen molar-refractivity contribution < 1.29 is 9.34 Å². The molecule has 10 heteroatoms. The summed E-state index contributed by atoms with van der Waals surface area (Å²) in [5.74, 6) is -0.404.